The molecular weight excluding hydrogens is 212 g/mol. The lowest BCUT2D eigenvalue weighted by Crippen LogP contribution is -2.31. The Morgan fingerprint density at radius 3 is 2.65 bits per heavy atom. The summed E-state index contributed by atoms with van der Waals surface area (Å²) < 4.78 is 0. The van der Waals surface area contributed by atoms with E-state index in [0.717, 1.165) is 25.8 Å². The SMILES string of the molecule is CN(CCCc1ccccc1)C(=O)C1CC1N. The maximum absolute atomic E-state index is 11.8. The van der Waals surface area contributed by atoms with Crippen molar-refractivity contribution in [2.45, 2.75) is 25.3 Å². The molecule has 3 nitrogen and oxygen atoms in total. The van der Waals surface area contributed by atoms with Crippen LogP contribution in [-0.2, 0) is 11.2 Å². The van der Waals surface area contributed by atoms with Crippen molar-refractivity contribution in [3.63, 3.8) is 0 Å². The number of benzene rings is 1. The van der Waals surface area contributed by atoms with E-state index < -0.39 is 0 Å². The predicted octanol–water partition coefficient (Wildman–Crippen LogP) is 1.42. The molecule has 0 spiro atoms. The molecule has 1 fully saturated rings. The van der Waals surface area contributed by atoms with Crippen molar-refractivity contribution in [1.82, 2.24) is 4.90 Å². The van der Waals surface area contributed by atoms with E-state index in [0.29, 0.717) is 0 Å². The first kappa shape index (κ1) is 12.1. The molecule has 1 saturated carbocycles. The van der Waals surface area contributed by atoms with Gasteiger partial charge in [0.15, 0.2) is 0 Å². The number of carbonyl (C=O) groups is 1. The molecule has 0 radical (unpaired) electrons. The van der Waals surface area contributed by atoms with E-state index >= 15 is 0 Å². The number of carbonyl (C=O) groups excluding carboxylic acids is 1. The lowest BCUT2D eigenvalue weighted by Gasteiger charge is -2.16. The Bertz CT molecular complexity index is 377. The molecule has 17 heavy (non-hydrogen) atoms. The summed E-state index contributed by atoms with van der Waals surface area (Å²) in [4.78, 5) is 13.6. The summed E-state index contributed by atoms with van der Waals surface area (Å²) in [7, 11) is 1.87. The Hall–Kier alpha value is -1.35. The number of aryl methyl sites for hydroxylation is 1. The van der Waals surface area contributed by atoms with Crippen molar-refractivity contribution in [1.29, 1.82) is 0 Å². The minimum Gasteiger partial charge on any atom is -0.345 e. The highest BCUT2D eigenvalue weighted by atomic mass is 16.2. The van der Waals surface area contributed by atoms with Gasteiger partial charge in [0.05, 0.1) is 5.92 Å². The van der Waals surface area contributed by atoms with Gasteiger partial charge in [-0.3, -0.25) is 4.79 Å². The molecule has 2 atom stereocenters. The number of hydrogen-bond acceptors (Lipinski definition) is 2. The Labute approximate surface area is 103 Å². The van der Waals surface area contributed by atoms with Crippen LogP contribution in [0.15, 0.2) is 30.3 Å². The fourth-order valence-corrected chi connectivity index (χ4v) is 2.06. The molecule has 92 valence electrons. The maximum atomic E-state index is 11.8. The average molecular weight is 232 g/mol. The minimum absolute atomic E-state index is 0.0942. The third kappa shape index (κ3) is 3.30. The summed E-state index contributed by atoms with van der Waals surface area (Å²) in [6.07, 6.45) is 2.89. The van der Waals surface area contributed by atoms with Gasteiger partial charge in [0, 0.05) is 19.6 Å². The van der Waals surface area contributed by atoms with Crippen molar-refractivity contribution in [2.24, 2.45) is 11.7 Å². The minimum atomic E-state index is 0.0942. The molecule has 3 heteroatoms. The van der Waals surface area contributed by atoms with Crippen LogP contribution in [0.5, 0.6) is 0 Å². The van der Waals surface area contributed by atoms with Gasteiger partial charge >= 0.3 is 0 Å². The molecule has 1 aliphatic rings. The van der Waals surface area contributed by atoms with Crippen molar-refractivity contribution >= 4 is 5.91 Å². The highest BCUT2D eigenvalue weighted by Crippen LogP contribution is 2.29. The third-order valence-electron chi connectivity index (χ3n) is 3.34. The lowest BCUT2D eigenvalue weighted by atomic mass is 10.1. The predicted molar refractivity (Wildman–Crippen MR) is 68.5 cm³/mol. The maximum Gasteiger partial charge on any atom is 0.227 e. The zero-order valence-corrected chi connectivity index (χ0v) is 10.3. The second kappa shape index (κ2) is 5.32. The van der Waals surface area contributed by atoms with E-state index in [2.05, 4.69) is 12.1 Å². The fraction of sp³-hybridized carbons (Fsp3) is 0.500. The fourth-order valence-electron chi connectivity index (χ4n) is 2.06. The van der Waals surface area contributed by atoms with Crippen LogP contribution in [0.1, 0.15) is 18.4 Å². The first-order valence-electron chi connectivity index (χ1n) is 6.23. The van der Waals surface area contributed by atoms with Crippen LogP contribution in [0, 0.1) is 5.92 Å². The summed E-state index contributed by atoms with van der Waals surface area (Å²) in [6, 6.07) is 10.5. The largest absolute Gasteiger partial charge is 0.345 e. The van der Waals surface area contributed by atoms with Crippen LogP contribution in [-0.4, -0.2) is 30.4 Å². The second-order valence-electron chi connectivity index (χ2n) is 4.85. The van der Waals surface area contributed by atoms with Crippen LogP contribution in [0.2, 0.25) is 0 Å². The standard InChI is InChI=1S/C14H20N2O/c1-16(14(17)12-10-13(12)15)9-5-8-11-6-3-2-4-7-11/h2-4,6-7,12-13H,5,8-10,15H2,1H3. The van der Waals surface area contributed by atoms with Gasteiger partial charge in [-0.25, -0.2) is 0 Å². The topological polar surface area (TPSA) is 46.3 Å². The van der Waals surface area contributed by atoms with E-state index in [-0.39, 0.29) is 17.9 Å². The van der Waals surface area contributed by atoms with Crippen molar-refractivity contribution in [3.8, 4) is 0 Å². The first-order chi connectivity index (χ1) is 8.18. The van der Waals surface area contributed by atoms with Crippen LogP contribution in [0.25, 0.3) is 0 Å². The summed E-state index contributed by atoms with van der Waals surface area (Å²) in [5.74, 6) is 0.308. The quantitative estimate of drug-likeness (QED) is 0.834. The van der Waals surface area contributed by atoms with Crippen LogP contribution < -0.4 is 5.73 Å². The molecule has 1 aromatic carbocycles. The van der Waals surface area contributed by atoms with Gasteiger partial charge in [-0.1, -0.05) is 30.3 Å². The van der Waals surface area contributed by atoms with Gasteiger partial charge in [-0.15, -0.1) is 0 Å². The molecule has 1 amide bonds. The molecular formula is C14H20N2O. The van der Waals surface area contributed by atoms with Gasteiger partial charge < -0.3 is 10.6 Å². The van der Waals surface area contributed by atoms with Crippen molar-refractivity contribution < 1.29 is 4.79 Å². The molecule has 1 aromatic rings. The van der Waals surface area contributed by atoms with Crippen LogP contribution >= 0.6 is 0 Å². The number of nitrogens with two attached hydrogens (primary N) is 1. The molecule has 2 rings (SSSR count). The molecule has 0 heterocycles. The van der Waals surface area contributed by atoms with Gasteiger partial charge in [-0.2, -0.15) is 0 Å². The molecule has 2 N–H and O–H groups in total. The Kier molecular flexibility index (Phi) is 3.79. The zero-order valence-electron chi connectivity index (χ0n) is 10.3. The number of rotatable bonds is 5. The number of hydrogen-bond donors (Lipinski definition) is 1. The summed E-state index contributed by atoms with van der Waals surface area (Å²) in [5.41, 5.74) is 7.01. The van der Waals surface area contributed by atoms with Gasteiger partial charge in [0.1, 0.15) is 0 Å². The molecule has 2 unspecified atom stereocenters. The van der Waals surface area contributed by atoms with E-state index in [1.165, 1.54) is 5.56 Å². The molecule has 0 aromatic heterocycles. The summed E-state index contributed by atoms with van der Waals surface area (Å²) in [6.45, 7) is 0.816. The molecule has 1 aliphatic carbocycles. The lowest BCUT2D eigenvalue weighted by molar-refractivity contribution is -0.131. The van der Waals surface area contributed by atoms with Gasteiger partial charge in [-0.05, 0) is 24.8 Å². The van der Waals surface area contributed by atoms with E-state index in [1.54, 1.807) is 0 Å². The first-order valence-corrected chi connectivity index (χ1v) is 6.23. The van der Waals surface area contributed by atoms with Gasteiger partial charge in [0.2, 0.25) is 5.91 Å². The van der Waals surface area contributed by atoms with Gasteiger partial charge in [0.25, 0.3) is 0 Å². The third-order valence-corrected chi connectivity index (χ3v) is 3.34. The number of amides is 1. The average Bonchev–Trinajstić information content (AvgIpc) is 3.06. The van der Waals surface area contributed by atoms with Crippen LogP contribution in [0.3, 0.4) is 0 Å². The van der Waals surface area contributed by atoms with Crippen molar-refractivity contribution in [3.05, 3.63) is 35.9 Å². The van der Waals surface area contributed by atoms with E-state index in [9.17, 15) is 4.79 Å². The molecule has 0 bridgehead atoms. The monoisotopic (exact) mass is 232 g/mol. The van der Waals surface area contributed by atoms with E-state index in [1.807, 2.05) is 30.1 Å². The molecule has 0 saturated heterocycles. The zero-order chi connectivity index (χ0) is 12.3. The second-order valence-corrected chi connectivity index (χ2v) is 4.85. The molecule has 0 aliphatic heterocycles. The Balaban J connectivity index is 1.70. The van der Waals surface area contributed by atoms with Crippen LogP contribution in [0.4, 0.5) is 0 Å². The summed E-state index contributed by atoms with van der Waals surface area (Å²) >= 11 is 0. The number of nitrogens with zero attached hydrogens (tertiary/aromatic N) is 1. The summed E-state index contributed by atoms with van der Waals surface area (Å²) in [5, 5.41) is 0. The van der Waals surface area contributed by atoms with Crippen molar-refractivity contribution in [2.75, 3.05) is 13.6 Å². The smallest absolute Gasteiger partial charge is 0.227 e. The van der Waals surface area contributed by atoms with E-state index in [4.69, 9.17) is 5.73 Å². The Morgan fingerprint density at radius 1 is 1.41 bits per heavy atom. The highest BCUT2D eigenvalue weighted by Gasteiger charge is 2.41. The normalized spacial score (nSPS) is 22.2. The highest BCUT2D eigenvalue weighted by molar-refractivity contribution is 5.82. The Morgan fingerprint density at radius 2 is 2.06 bits per heavy atom.